The van der Waals surface area contributed by atoms with Gasteiger partial charge in [0.25, 0.3) is 0 Å². The summed E-state index contributed by atoms with van der Waals surface area (Å²) in [5, 5.41) is -0.234. The second-order valence-corrected chi connectivity index (χ2v) is 7.79. The zero-order valence-electron chi connectivity index (χ0n) is 12.1. The number of allylic oxidation sites excluding steroid dienone is 3. The van der Waals surface area contributed by atoms with Crippen molar-refractivity contribution in [2.75, 3.05) is 0 Å². The molecule has 23 heavy (non-hydrogen) atoms. The van der Waals surface area contributed by atoms with Gasteiger partial charge in [0.05, 0.1) is 5.56 Å². The predicted octanol–water partition coefficient (Wildman–Crippen LogP) is 3.51. The molecule has 0 N–H and O–H groups in total. The summed E-state index contributed by atoms with van der Waals surface area (Å²) in [5.41, 5.74) is -1.12. The molecule has 0 bridgehead atoms. The van der Waals surface area contributed by atoms with E-state index in [-0.39, 0.29) is 17.5 Å². The molecule has 4 nitrogen and oxygen atoms in total. The molecule has 1 aliphatic rings. The van der Waals surface area contributed by atoms with Gasteiger partial charge in [-0.05, 0) is 25.5 Å². The highest BCUT2D eigenvalue weighted by atomic mass is 32.2. The predicted molar refractivity (Wildman–Crippen MR) is 80.4 cm³/mol. The third-order valence-corrected chi connectivity index (χ3v) is 6.22. The van der Waals surface area contributed by atoms with E-state index in [1.807, 2.05) is 0 Å². The Labute approximate surface area is 131 Å². The molecule has 0 saturated carbocycles. The summed E-state index contributed by atoms with van der Waals surface area (Å²) in [4.78, 5) is 3.85. The number of aromatic nitrogens is 2. The maximum atomic E-state index is 13.0. The lowest BCUT2D eigenvalue weighted by atomic mass is 10.0. The Morgan fingerprint density at radius 1 is 1.26 bits per heavy atom. The molecule has 0 amide bonds. The Morgan fingerprint density at radius 2 is 2.00 bits per heavy atom. The summed E-state index contributed by atoms with van der Waals surface area (Å²) in [5.74, 6) is 0. The smallest absolute Gasteiger partial charge is 0.237 e. The fourth-order valence-corrected chi connectivity index (χ4v) is 4.18. The van der Waals surface area contributed by atoms with E-state index in [4.69, 9.17) is 0 Å². The van der Waals surface area contributed by atoms with Crippen LogP contribution in [0.5, 0.6) is 0 Å². The Balaban J connectivity index is 2.22. The molecular formula is C15H13F3N2O2S. The molecule has 8 heteroatoms. The Kier molecular flexibility index (Phi) is 3.40. The largest absolute Gasteiger partial charge is 0.417 e. The van der Waals surface area contributed by atoms with Crippen LogP contribution in [0, 0.1) is 0 Å². The van der Waals surface area contributed by atoms with Crippen molar-refractivity contribution in [3.8, 4) is 0 Å². The van der Waals surface area contributed by atoms with Crippen LogP contribution in [0.3, 0.4) is 0 Å². The van der Waals surface area contributed by atoms with Crippen LogP contribution in [-0.4, -0.2) is 22.1 Å². The minimum Gasteiger partial charge on any atom is -0.237 e. The number of fused-ring (bicyclic) bond motifs is 1. The molecule has 2 heterocycles. The lowest BCUT2D eigenvalue weighted by Gasteiger charge is -2.27. The van der Waals surface area contributed by atoms with Crippen LogP contribution in [0.2, 0.25) is 0 Å². The summed E-state index contributed by atoms with van der Waals surface area (Å²) in [6.07, 6.45) is 4.33. The highest BCUT2D eigenvalue weighted by Gasteiger charge is 2.40. The van der Waals surface area contributed by atoms with Crippen molar-refractivity contribution in [2.45, 2.75) is 24.3 Å². The van der Waals surface area contributed by atoms with Gasteiger partial charge in [-0.15, -0.1) is 0 Å². The van der Waals surface area contributed by atoms with Gasteiger partial charge < -0.3 is 0 Å². The van der Waals surface area contributed by atoms with E-state index in [9.17, 15) is 21.6 Å². The van der Waals surface area contributed by atoms with Crippen LogP contribution >= 0.6 is 0 Å². The van der Waals surface area contributed by atoms with E-state index in [0.29, 0.717) is 0 Å². The third kappa shape index (κ3) is 2.37. The molecule has 0 fully saturated rings. The van der Waals surface area contributed by atoms with E-state index < -0.39 is 26.5 Å². The van der Waals surface area contributed by atoms with Crippen LogP contribution in [0.25, 0.3) is 11.0 Å². The molecular weight excluding hydrogens is 329 g/mol. The standard InChI is InChI=1S/C15H13F3N2O2S/c1-14(7-3-2-4-8-14)23(21,22)20-10-6-11-12(15(16,17)18)5-9-19-13(11)20/h2-7,9-10H,8H2,1H3. The van der Waals surface area contributed by atoms with Gasteiger partial charge in [0, 0.05) is 17.8 Å². The van der Waals surface area contributed by atoms with Crippen molar-refractivity contribution in [3.05, 3.63) is 54.4 Å². The van der Waals surface area contributed by atoms with Crippen molar-refractivity contribution in [2.24, 2.45) is 0 Å². The molecule has 2 aromatic heterocycles. The highest BCUT2D eigenvalue weighted by molar-refractivity contribution is 7.91. The van der Waals surface area contributed by atoms with E-state index >= 15 is 0 Å². The van der Waals surface area contributed by atoms with Gasteiger partial charge in [0.2, 0.25) is 10.0 Å². The zero-order chi connectivity index (χ0) is 16.9. The molecule has 1 aliphatic carbocycles. The number of hydrogen-bond donors (Lipinski definition) is 0. The first kappa shape index (κ1) is 15.8. The summed E-state index contributed by atoms with van der Waals surface area (Å²) in [7, 11) is -3.96. The van der Waals surface area contributed by atoms with Crippen LogP contribution in [0.15, 0.2) is 48.8 Å². The maximum Gasteiger partial charge on any atom is 0.417 e. The van der Waals surface area contributed by atoms with Crippen molar-refractivity contribution in [3.63, 3.8) is 0 Å². The summed E-state index contributed by atoms with van der Waals surface area (Å²) in [6, 6.07) is 1.97. The highest BCUT2D eigenvalue weighted by Crippen LogP contribution is 2.36. The van der Waals surface area contributed by atoms with Crippen LogP contribution in [0.4, 0.5) is 13.2 Å². The number of pyridine rings is 1. The third-order valence-electron chi connectivity index (χ3n) is 3.93. The summed E-state index contributed by atoms with van der Waals surface area (Å²) < 4.78 is 64.5. The van der Waals surface area contributed by atoms with Crippen LogP contribution in [0.1, 0.15) is 18.9 Å². The van der Waals surface area contributed by atoms with E-state index in [2.05, 4.69) is 4.98 Å². The molecule has 0 aliphatic heterocycles. The first-order valence-corrected chi connectivity index (χ1v) is 8.24. The lowest BCUT2D eigenvalue weighted by Crippen LogP contribution is -2.37. The normalized spacial score (nSPS) is 21.9. The number of hydrogen-bond acceptors (Lipinski definition) is 3. The Hall–Kier alpha value is -2.09. The molecule has 122 valence electrons. The average Bonchev–Trinajstić information content (AvgIpc) is 2.91. The first-order chi connectivity index (χ1) is 10.7. The van der Waals surface area contributed by atoms with Gasteiger partial charge >= 0.3 is 6.18 Å². The van der Waals surface area contributed by atoms with Gasteiger partial charge in [-0.3, -0.25) is 0 Å². The minimum absolute atomic E-state index is 0.219. The number of nitrogens with zero attached hydrogens (tertiary/aromatic N) is 2. The van der Waals surface area contributed by atoms with Crippen LogP contribution in [-0.2, 0) is 16.2 Å². The molecule has 2 aromatic rings. The molecule has 0 radical (unpaired) electrons. The van der Waals surface area contributed by atoms with E-state index in [0.717, 1.165) is 28.5 Å². The Morgan fingerprint density at radius 3 is 2.61 bits per heavy atom. The van der Waals surface area contributed by atoms with Crippen molar-refractivity contribution < 1.29 is 21.6 Å². The molecule has 1 unspecified atom stereocenters. The molecule has 0 spiro atoms. The first-order valence-electron chi connectivity index (χ1n) is 6.80. The topological polar surface area (TPSA) is 52.0 Å². The van der Waals surface area contributed by atoms with E-state index in [1.54, 1.807) is 18.2 Å². The summed E-state index contributed by atoms with van der Waals surface area (Å²) in [6.45, 7) is 1.53. The maximum absolute atomic E-state index is 13.0. The van der Waals surface area contributed by atoms with Crippen LogP contribution < -0.4 is 0 Å². The van der Waals surface area contributed by atoms with E-state index in [1.165, 1.54) is 13.0 Å². The fourth-order valence-electron chi connectivity index (χ4n) is 2.58. The monoisotopic (exact) mass is 342 g/mol. The Bertz CT molecular complexity index is 926. The molecule has 0 saturated heterocycles. The van der Waals surface area contributed by atoms with Crippen molar-refractivity contribution >= 4 is 21.1 Å². The minimum atomic E-state index is -4.57. The van der Waals surface area contributed by atoms with Gasteiger partial charge in [-0.25, -0.2) is 17.4 Å². The van der Waals surface area contributed by atoms with Gasteiger partial charge in [0.1, 0.15) is 4.75 Å². The molecule has 0 aromatic carbocycles. The average molecular weight is 342 g/mol. The summed E-state index contributed by atoms with van der Waals surface area (Å²) >= 11 is 0. The van der Waals surface area contributed by atoms with Gasteiger partial charge in [-0.2, -0.15) is 13.2 Å². The second-order valence-electron chi connectivity index (χ2n) is 5.51. The number of alkyl halides is 3. The SMILES string of the molecule is CC1(S(=O)(=O)n2ccc3c(C(F)(F)F)ccnc32)C=CC=CC1. The second kappa shape index (κ2) is 4.95. The quantitative estimate of drug-likeness (QED) is 0.839. The lowest BCUT2D eigenvalue weighted by molar-refractivity contribution is -0.136. The molecule has 3 rings (SSSR count). The zero-order valence-corrected chi connectivity index (χ0v) is 12.9. The number of rotatable bonds is 2. The van der Waals surface area contributed by atoms with Crippen molar-refractivity contribution in [1.82, 2.24) is 8.96 Å². The number of halogens is 3. The fraction of sp³-hybridized carbons (Fsp3) is 0.267. The molecule has 1 atom stereocenters. The van der Waals surface area contributed by atoms with Gasteiger partial charge in [0.15, 0.2) is 5.65 Å². The van der Waals surface area contributed by atoms with Gasteiger partial charge in [-0.1, -0.05) is 24.3 Å². The van der Waals surface area contributed by atoms with Crippen molar-refractivity contribution in [1.29, 1.82) is 0 Å².